The molecule has 2 aromatic carbocycles. The molecule has 3 rings (SSSR count). The summed E-state index contributed by atoms with van der Waals surface area (Å²) in [4.78, 5) is 12.1. The third-order valence-corrected chi connectivity index (χ3v) is 3.71. The number of ether oxygens (including phenoxy) is 1. The zero-order chi connectivity index (χ0) is 15.0. The Morgan fingerprint density at radius 1 is 1.05 bits per heavy atom. The molecule has 21 heavy (non-hydrogen) atoms. The number of halogens is 3. The highest BCUT2D eigenvalue weighted by molar-refractivity contribution is 6.42. The third kappa shape index (κ3) is 2.73. The van der Waals surface area contributed by atoms with Gasteiger partial charge in [0, 0.05) is 5.56 Å². The summed E-state index contributed by atoms with van der Waals surface area (Å²) in [5.41, 5.74) is 1.17. The van der Waals surface area contributed by atoms with Crippen LogP contribution in [0.25, 0.3) is 5.70 Å². The van der Waals surface area contributed by atoms with Gasteiger partial charge in [0.15, 0.2) is 0 Å². The van der Waals surface area contributed by atoms with E-state index in [2.05, 4.69) is 5.32 Å². The van der Waals surface area contributed by atoms with Crippen molar-refractivity contribution in [3.8, 4) is 5.75 Å². The monoisotopic (exact) mass is 323 g/mol. The summed E-state index contributed by atoms with van der Waals surface area (Å²) in [5, 5.41) is 3.42. The first-order valence-corrected chi connectivity index (χ1v) is 6.73. The van der Waals surface area contributed by atoms with E-state index in [4.69, 9.17) is 27.9 Å². The van der Waals surface area contributed by atoms with Gasteiger partial charge in [-0.05, 0) is 30.3 Å². The van der Waals surface area contributed by atoms with Gasteiger partial charge >= 0.3 is 0 Å². The third-order valence-electron chi connectivity index (χ3n) is 2.97. The second-order valence-corrected chi connectivity index (χ2v) is 5.19. The largest absolute Gasteiger partial charge is 0.462 e. The lowest BCUT2D eigenvalue weighted by atomic mass is 10.1. The summed E-state index contributed by atoms with van der Waals surface area (Å²) in [6, 6.07) is 8.67. The predicted molar refractivity (Wildman–Crippen MR) is 78.9 cm³/mol. The van der Waals surface area contributed by atoms with Gasteiger partial charge in [-0.2, -0.15) is 0 Å². The van der Waals surface area contributed by atoms with Crippen LogP contribution in [0.5, 0.6) is 5.75 Å². The molecular formula is C15H8Cl2FNO2. The number of rotatable bonds is 1. The fourth-order valence-corrected chi connectivity index (χ4v) is 2.23. The molecule has 1 N–H and O–H groups in total. The number of hydrogen-bond donors (Lipinski definition) is 1. The average molecular weight is 324 g/mol. The maximum absolute atomic E-state index is 13.2. The first-order valence-electron chi connectivity index (χ1n) is 5.98. The Labute approximate surface area is 129 Å². The Morgan fingerprint density at radius 3 is 2.62 bits per heavy atom. The Balaban J connectivity index is 1.99. The van der Waals surface area contributed by atoms with Crippen LogP contribution in [0.3, 0.4) is 0 Å². The van der Waals surface area contributed by atoms with Crippen molar-refractivity contribution >= 4 is 34.8 Å². The van der Waals surface area contributed by atoms with Crippen molar-refractivity contribution in [2.75, 3.05) is 0 Å². The number of fused-ring (bicyclic) bond motifs is 1. The highest BCUT2D eigenvalue weighted by Gasteiger charge is 2.19. The quantitative estimate of drug-likeness (QED) is 0.851. The Bertz CT molecular complexity index is 774. The molecule has 1 amide bonds. The Kier molecular flexibility index (Phi) is 3.57. The van der Waals surface area contributed by atoms with Crippen LogP contribution in [0.1, 0.15) is 15.9 Å². The molecule has 3 nitrogen and oxygen atoms in total. The summed E-state index contributed by atoms with van der Waals surface area (Å²) >= 11 is 11.8. The fraction of sp³-hybridized carbons (Fsp3) is 0. The smallest absolute Gasteiger partial charge is 0.259 e. The SMILES string of the molecule is O=C1NC(c2ccc(Cl)c(Cl)c2)=COc2ccc(F)cc21. The molecule has 0 aliphatic carbocycles. The van der Waals surface area contributed by atoms with Crippen molar-refractivity contribution in [1.29, 1.82) is 0 Å². The summed E-state index contributed by atoms with van der Waals surface area (Å²) in [7, 11) is 0. The van der Waals surface area contributed by atoms with Gasteiger partial charge < -0.3 is 10.1 Å². The van der Waals surface area contributed by atoms with E-state index in [9.17, 15) is 9.18 Å². The average Bonchev–Trinajstić information content (AvgIpc) is 2.62. The van der Waals surface area contributed by atoms with Gasteiger partial charge in [0.1, 0.15) is 17.8 Å². The van der Waals surface area contributed by atoms with Crippen LogP contribution >= 0.6 is 23.2 Å². The molecule has 0 bridgehead atoms. The first-order chi connectivity index (χ1) is 10.0. The van der Waals surface area contributed by atoms with Crippen LogP contribution in [-0.2, 0) is 0 Å². The summed E-state index contributed by atoms with van der Waals surface area (Å²) in [6.45, 7) is 0. The minimum atomic E-state index is -0.509. The lowest BCUT2D eigenvalue weighted by molar-refractivity contribution is 0.0973. The van der Waals surface area contributed by atoms with Gasteiger partial charge in [-0.15, -0.1) is 0 Å². The van der Waals surface area contributed by atoms with Crippen LogP contribution in [-0.4, -0.2) is 5.91 Å². The van der Waals surface area contributed by atoms with Crippen molar-refractivity contribution in [2.45, 2.75) is 0 Å². The van der Waals surface area contributed by atoms with Gasteiger partial charge in [0.25, 0.3) is 5.91 Å². The van der Waals surface area contributed by atoms with Crippen LogP contribution in [0.15, 0.2) is 42.7 Å². The molecular weight excluding hydrogens is 316 g/mol. The minimum absolute atomic E-state index is 0.126. The molecule has 2 aromatic rings. The summed E-state index contributed by atoms with van der Waals surface area (Å²) in [6.07, 6.45) is 1.38. The molecule has 1 heterocycles. The van der Waals surface area contributed by atoms with E-state index < -0.39 is 11.7 Å². The van der Waals surface area contributed by atoms with E-state index in [-0.39, 0.29) is 11.3 Å². The van der Waals surface area contributed by atoms with Crippen molar-refractivity contribution in [3.05, 3.63) is 69.6 Å². The topological polar surface area (TPSA) is 38.3 Å². The molecule has 0 atom stereocenters. The number of benzene rings is 2. The van der Waals surface area contributed by atoms with Crippen LogP contribution in [0.4, 0.5) is 4.39 Å². The molecule has 0 unspecified atom stereocenters. The summed E-state index contributed by atoms with van der Waals surface area (Å²) < 4.78 is 18.7. The Hall–Kier alpha value is -2.04. The van der Waals surface area contributed by atoms with E-state index in [0.717, 1.165) is 6.07 Å². The molecule has 0 aromatic heterocycles. The number of carbonyl (C=O) groups is 1. The zero-order valence-electron chi connectivity index (χ0n) is 10.5. The lowest BCUT2D eigenvalue weighted by Gasteiger charge is -2.07. The number of amides is 1. The second-order valence-electron chi connectivity index (χ2n) is 4.37. The van der Waals surface area contributed by atoms with E-state index >= 15 is 0 Å². The molecule has 0 saturated heterocycles. The molecule has 106 valence electrons. The number of hydrogen-bond acceptors (Lipinski definition) is 2. The van der Waals surface area contributed by atoms with Crippen LogP contribution in [0, 0.1) is 5.82 Å². The number of nitrogens with one attached hydrogen (secondary N) is 1. The van der Waals surface area contributed by atoms with Gasteiger partial charge in [-0.25, -0.2) is 4.39 Å². The van der Waals surface area contributed by atoms with E-state index in [0.29, 0.717) is 21.3 Å². The maximum Gasteiger partial charge on any atom is 0.259 e. The van der Waals surface area contributed by atoms with Crippen molar-refractivity contribution < 1.29 is 13.9 Å². The highest BCUT2D eigenvalue weighted by Crippen LogP contribution is 2.28. The Morgan fingerprint density at radius 2 is 1.86 bits per heavy atom. The predicted octanol–water partition coefficient (Wildman–Crippen LogP) is 4.25. The first kappa shape index (κ1) is 13.9. The molecule has 1 aliphatic heterocycles. The molecule has 1 aliphatic rings. The van der Waals surface area contributed by atoms with E-state index in [1.54, 1.807) is 18.2 Å². The van der Waals surface area contributed by atoms with Gasteiger partial charge in [0.05, 0.1) is 21.3 Å². The van der Waals surface area contributed by atoms with Crippen molar-refractivity contribution in [3.63, 3.8) is 0 Å². The standard InChI is InChI=1S/C15H8Cl2FNO2/c16-11-3-1-8(5-12(11)17)13-7-21-14-4-2-9(18)6-10(14)15(20)19-13/h1-7H,(H,19,20). The maximum atomic E-state index is 13.2. The summed E-state index contributed by atoms with van der Waals surface area (Å²) in [5.74, 6) is -0.686. The molecule has 0 spiro atoms. The van der Waals surface area contributed by atoms with Crippen molar-refractivity contribution in [1.82, 2.24) is 5.32 Å². The van der Waals surface area contributed by atoms with E-state index in [1.807, 2.05) is 0 Å². The highest BCUT2D eigenvalue weighted by atomic mass is 35.5. The zero-order valence-corrected chi connectivity index (χ0v) is 12.0. The lowest BCUT2D eigenvalue weighted by Crippen LogP contribution is -2.20. The van der Waals surface area contributed by atoms with Crippen LogP contribution < -0.4 is 10.1 Å². The van der Waals surface area contributed by atoms with E-state index in [1.165, 1.54) is 18.4 Å². The van der Waals surface area contributed by atoms with Gasteiger partial charge in [-0.1, -0.05) is 29.3 Å². The molecule has 0 fully saturated rings. The van der Waals surface area contributed by atoms with Crippen LogP contribution in [0.2, 0.25) is 10.0 Å². The van der Waals surface area contributed by atoms with Crippen molar-refractivity contribution in [2.24, 2.45) is 0 Å². The second kappa shape index (κ2) is 5.39. The minimum Gasteiger partial charge on any atom is -0.462 e. The van der Waals surface area contributed by atoms with Gasteiger partial charge in [0.2, 0.25) is 0 Å². The van der Waals surface area contributed by atoms with Gasteiger partial charge in [-0.3, -0.25) is 4.79 Å². The molecule has 6 heteroatoms. The fourth-order valence-electron chi connectivity index (χ4n) is 1.93. The number of carbonyl (C=O) groups excluding carboxylic acids is 1. The normalized spacial score (nSPS) is 13.7. The molecule has 0 radical (unpaired) electrons. The molecule has 0 saturated carbocycles.